The molecule has 136 valence electrons. The van der Waals surface area contributed by atoms with Crippen LogP contribution in [0.4, 0.5) is 5.82 Å². The van der Waals surface area contributed by atoms with Gasteiger partial charge in [-0.1, -0.05) is 24.6 Å². The summed E-state index contributed by atoms with van der Waals surface area (Å²) in [6.45, 7) is 0. The second-order valence-electron chi connectivity index (χ2n) is 6.33. The molecule has 1 aliphatic carbocycles. The van der Waals surface area contributed by atoms with Crippen LogP contribution in [0.25, 0.3) is 10.2 Å². The highest BCUT2D eigenvalue weighted by Gasteiger charge is 2.20. The van der Waals surface area contributed by atoms with E-state index in [1.807, 2.05) is 22.2 Å². The average molecular weight is 390 g/mol. The first-order valence-electron chi connectivity index (χ1n) is 8.54. The number of rotatable bonds is 5. The van der Waals surface area contributed by atoms with Gasteiger partial charge in [-0.25, -0.2) is 9.67 Å². The molecule has 0 aromatic carbocycles. The van der Waals surface area contributed by atoms with Gasteiger partial charge < -0.3 is 5.32 Å². The zero-order valence-corrected chi connectivity index (χ0v) is 16.0. The predicted molar refractivity (Wildman–Crippen MR) is 104 cm³/mol. The Morgan fingerprint density at radius 2 is 2.19 bits per heavy atom. The van der Waals surface area contributed by atoms with Gasteiger partial charge in [-0.2, -0.15) is 5.10 Å². The summed E-state index contributed by atoms with van der Waals surface area (Å²) in [5, 5.41) is 9.69. The Kier molecular flexibility index (Phi) is 4.82. The number of thioether (sulfide) groups is 1. The van der Waals surface area contributed by atoms with Crippen molar-refractivity contribution in [2.75, 3.05) is 11.1 Å². The lowest BCUT2D eigenvalue weighted by atomic mass is 10.2. The van der Waals surface area contributed by atoms with Gasteiger partial charge in [-0.3, -0.25) is 14.2 Å². The third-order valence-corrected chi connectivity index (χ3v) is 6.51. The topological polar surface area (TPSA) is 81.8 Å². The maximum atomic E-state index is 12.4. The molecule has 9 heteroatoms. The number of carbonyl (C=O) groups excluding carboxylic acids is 1. The molecule has 0 unspecified atom stereocenters. The number of aromatic nitrogens is 4. The summed E-state index contributed by atoms with van der Waals surface area (Å²) in [6.07, 6.45) is 6.34. The van der Waals surface area contributed by atoms with E-state index in [4.69, 9.17) is 0 Å². The van der Waals surface area contributed by atoms with Gasteiger partial charge in [0.2, 0.25) is 5.91 Å². The van der Waals surface area contributed by atoms with Crippen molar-refractivity contribution in [3.63, 3.8) is 0 Å². The Hall–Kier alpha value is -2.13. The van der Waals surface area contributed by atoms with Crippen molar-refractivity contribution in [2.24, 2.45) is 7.05 Å². The molecule has 0 radical (unpaired) electrons. The average Bonchev–Trinajstić information content (AvgIpc) is 3.36. The van der Waals surface area contributed by atoms with E-state index in [9.17, 15) is 9.59 Å². The summed E-state index contributed by atoms with van der Waals surface area (Å²) in [4.78, 5) is 29.2. The van der Waals surface area contributed by atoms with Crippen LogP contribution in [0, 0.1) is 0 Å². The molecule has 7 nitrogen and oxygen atoms in total. The van der Waals surface area contributed by atoms with Crippen molar-refractivity contribution >= 4 is 45.0 Å². The van der Waals surface area contributed by atoms with Crippen LogP contribution in [0.2, 0.25) is 0 Å². The smallest absolute Gasteiger partial charge is 0.271 e. The Morgan fingerprint density at radius 3 is 3.00 bits per heavy atom. The zero-order chi connectivity index (χ0) is 18.1. The lowest BCUT2D eigenvalue weighted by molar-refractivity contribution is -0.113. The molecule has 3 aromatic rings. The molecule has 1 N–H and O–H groups in total. The minimum Gasteiger partial charge on any atom is -0.310 e. The molecule has 4 rings (SSSR count). The summed E-state index contributed by atoms with van der Waals surface area (Å²) in [6, 6.07) is 4.02. The first-order chi connectivity index (χ1) is 12.6. The number of hydrogen-bond acceptors (Lipinski definition) is 6. The maximum absolute atomic E-state index is 12.4. The fourth-order valence-electron chi connectivity index (χ4n) is 3.26. The highest BCUT2D eigenvalue weighted by atomic mass is 32.2. The number of nitrogens with zero attached hydrogens (tertiary/aromatic N) is 4. The molecule has 3 heterocycles. The maximum Gasteiger partial charge on any atom is 0.271 e. The molecule has 1 saturated carbocycles. The molecule has 0 bridgehead atoms. The minimum atomic E-state index is -0.130. The van der Waals surface area contributed by atoms with Crippen molar-refractivity contribution in [2.45, 2.75) is 36.9 Å². The van der Waals surface area contributed by atoms with Crippen molar-refractivity contribution < 1.29 is 4.79 Å². The lowest BCUT2D eigenvalue weighted by Gasteiger charge is -2.14. The lowest BCUT2D eigenvalue weighted by Crippen LogP contribution is -2.21. The fourth-order valence-corrected chi connectivity index (χ4v) is 4.84. The van der Waals surface area contributed by atoms with Crippen LogP contribution in [-0.4, -0.2) is 31.0 Å². The Labute approximate surface area is 158 Å². The van der Waals surface area contributed by atoms with Gasteiger partial charge >= 0.3 is 0 Å². The summed E-state index contributed by atoms with van der Waals surface area (Å²) in [5.41, 5.74) is 0.604. The second-order valence-corrected chi connectivity index (χ2v) is 8.19. The summed E-state index contributed by atoms with van der Waals surface area (Å²) >= 11 is 2.65. The normalized spacial score (nSPS) is 15.0. The number of nitrogens with one attached hydrogen (secondary N) is 1. The molecule has 26 heavy (non-hydrogen) atoms. The van der Waals surface area contributed by atoms with Crippen LogP contribution in [0.15, 0.2) is 33.7 Å². The molecular formula is C17H19N5O2S2. The molecular weight excluding hydrogens is 370 g/mol. The van der Waals surface area contributed by atoms with Gasteiger partial charge in [0.15, 0.2) is 5.16 Å². The largest absolute Gasteiger partial charge is 0.310 e. The number of thiophene rings is 1. The number of fused-ring (bicyclic) bond motifs is 1. The summed E-state index contributed by atoms with van der Waals surface area (Å²) < 4.78 is 4.06. The number of carbonyl (C=O) groups is 1. The van der Waals surface area contributed by atoms with Gasteiger partial charge in [0.05, 0.1) is 23.5 Å². The molecule has 0 saturated heterocycles. The van der Waals surface area contributed by atoms with Crippen LogP contribution in [0.5, 0.6) is 0 Å². The Balaban J connectivity index is 1.44. The van der Waals surface area contributed by atoms with E-state index in [0.29, 0.717) is 21.4 Å². The molecule has 1 aliphatic rings. The minimum absolute atomic E-state index is 0.0767. The van der Waals surface area contributed by atoms with Crippen molar-refractivity contribution in [3.8, 4) is 0 Å². The third-order valence-electron chi connectivity index (χ3n) is 4.59. The van der Waals surface area contributed by atoms with E-state index in [0.717, 1.165) is 18.7 Å². The first-order valence-corrected chi connectivity index (χ1v) is 10.4. The van der Waals surface area contributed by atoms with Gasteiger partial charge in [0.1, 0.15) is 10.5 Å². The molecule has 0 aliphatic heterocycles. The van der Waals surface area contributed by atoms with Crippen LogP contribution in [-0.2, 0) is 11.8 Å². The van der Waals surface area contributed by atoms with E-state index < -0.39 is 0 Å². The van der Waals surface area contributed by atoms with Crippen molar-refractivity contribution in [1.29, 1.82) is 0 Å². The zero-order valence-electron chi connectivity index (χ0n) is 14.3. The van der Waals surface area contributed by atoms with Crippen LogP contribution in [0.1, 0.15) is 31.7 Å². The van der Waals surface area contributed by atoms with Gasteiger partial charge in [-0.05, 0) is 24.3 Å². The second kappa shape index (κ2) is 7.24. The highest BCUT2D eigenvalue weighted by molar-refractivity contribution is 7.99. The van der Waals surface area contributed by atoms with E-state index in [-0.39, 0.29) is 17.2 Å². The molecule has 3 aromatic heterocycles. The van der Waals surface area contributed by atoms with E-state index >= 15 is 0 Å². The first kappa shape index (κ1) is 17.3. The Bertz CT molecular complexity index is 1000. The van der Waals surface area contributed by atoms with Crippen molar-refractivity contribution in [1.82, 2.24) is 19.3 Å². The molecule has 1 amide bonds. The van der Waals surface area contributed by atoms with Crippen molar-refractivity contribution in [3.05, 3.63) is 34.1 Å². The van der Waals surface area contributed by atoms with Crippen LogP contribution >= 0.6 is 23.1 Å². The van der Waals surface area contributed by atoms with Gasteiger partial charge in [0.25, 0.3) is 5.56 Å². The van der Waals surface area contributed by atoms with E-state index in [2.05, 4.69) is 15.4 Å². The monoisotopic (exact) mass is 389 g/mol. The third kappa shape index (κ3) is 3.28. The SMILES string of the molecule is Cn1c(SCC(=O)Nc2ccnn2C2CCCC2)nc2ccsc2c1=O. The van der Waals surface area contributed by atoms with Gasteiger partial charge in [0, 0.05) is 13.1 Å². The predicted octanol–water partition coefficient (Wildman–Crippen LogP) is 3.04. The van der Waals surface area contributed by atoms with E-state index in [1.165, 1.54) is 40.5 Å². The highest BCUT2D eigenvalue weighted by Crippen LogP contribution is 2.31. The Morgan fingerprint density at radius 1 is 1.38 bits per heavy atom. The standard InChI is InChI=1S/C17H19N5O2S2/c1-21-16(24)15-12(7-9-25-15)19-17(21)26-10-14(23)20-13-6-8-18-22(13)11-4-2-3-5-11/h6-9,11H,2-5,10H2,1H3,(H,20,23). The van der Waals surface area contributed by atoms with Crippen LogP contribution in [0.3, 0.4) is 0 Å². The van der Waals surface area contributed by atoms with Crippen LogP contribution < -0.4 is 10.9 Å². The van der Waals surface area contributed by atoms with Gasteiger partial charge in [-0.15, -0.1) is 11.3 Å². The number of hydrogen-bond donors (Lipinski definition) is 1. The number of amides is 1. The number of anilines is 1. The summed E-state index contributed by atoms with van der Waals surface area (Å²) in [7, 11) is 1.68. The quantitative estimate of drug-likeness (QED) is 0.536. The molecule has 1 fully saturated rings. The molecule has 0 atom stereocenters. The molecule has 0 spiro atoms. The fraction of sp³-hybridized carbons (Fsp3) is 0.412. The van der Waals surface area contributed by atoms with E-state index in [1.54, 1.807) is 13.2 Å². The summed E-state index contributed by atoms with van der Waals surface area (Å²) in [5.74, 6) is 0.790.